The highest BCUT2D eigenvalue weighted by atomic mass is 32.1. The molecule has 0 aliphatic heterocycles. The largest absolute Gasteiger partial charge is 0.477 e. The lowest BCUT2D eigenvalue weighted by molar-refractivity contribution is 0.0701. The number of ether oxygens (including phenoxy) is 1. The van der Waals surface area contributed by atoms with E-state index in [4.69, 9.17) is 9.84 Å². The van der Waals surface area contributed by atoms with Gasteiger partial charge < -0.3 is 9.84 Å². The molecule has 0 aliphatic rings. The lowest BCUT2D eigenvalue weighted by Gasteiger charge is -2.05. The van der Waals surface area contributed by atoms with Gasteiger partial charge in [-0.15, -0.1) is 11.3 Å². The zero-order chi connectivity index (χ0) is 14.7. The average molecular weight is 296 g/mol. The van der Waals surface area contributed by atoms with Gasteiger partial charge in [0.2, 0.25) is 0 Å². The standard InChI is InChI=1S/C13H16N2O4S/c1-3-5-19-6-4-15-7-14-11-9(12(15)16)8(2)10(20-11)13(17)18/h7H,3-6H2,1-2H3,(H,17,18). The molecule has 0 unspecified atom stereocenters. The van der Waals surface area contributed by atoms with E-state index in [0.717, 1.165) is 17.8 Å². The fraction of sp³-hybridized carbons (Fsp3) is 0.462. The Hall–Kier alpha value is -1.73. The van der Waals surface area contributed by atoms with E-state index in [-0.39, 0.29) is 10.4 Å². The van der Waals surface area contributed by atoms with Crippen molar-refractivity contribution in [1.82, 2.24) is 9.55 Å². The molecule has 0 aliphatic carbocycles. The molecule has 0 fully saturated rings. The fourth-order valence-electron chi connectivity index (χ4n) is 1.93. The summed E-state index contributed by atoms with van der Waals surface area (Å²) in [6, 6.07) is 0. The Morgan fingerprint density at radius 2 is 2.25 bits per heavy atom. The Morgan fingerprint density at radius 3 is 2.90 bits per heavy atom. The van der Waals surface area contributed by atoms with Gasteiger partial charge in [-0.3, -0.25) is 9.36 Å². The van der Waals surface area contributed by atoms with Crippen LogP contribution in [0.1, 0.15) is 28.6 Å². The summed E-state index contributed by atoms with van der Waals surface area (Å²) in [5, 5.41) is 9.48. The second-order valence-electron chi connectivity index (χ2n) is 4.40. The first-order valence-corrected chi connectivity index (χ1v) is 7.17. The maximum Gasteiger partial charge on any atom is 0.346 e. The number of thiophene rings is 1. The highest BCUT2D eigenvalue weighted by Gasteiger charge is 2.18. The monoisotopic (exact) mass is 296 g/mol. The number of carbonyl (C=O) groups is 1. The first-order valence-electron chi connectivity index (χ1n) is 6.35. The number of carboxylic acid groups (broad SMARTS) is 1. The Balaban J connectivity index is 2.35. The number of aryl methyl sites for hydroxylation is 1. The van der Waals surface area contributed by atoms with E-state index in [1.54, 1.807) is 6.92 Å². The van der Waals surface area contributed by atoms with Crippen molar-refractivity contribution in [2.75, 3.05) is 13.2 Å². The van der Waals surface area contributed by atoms with Gasteiger partial charge in [-0.2, -0.15) is 0 Å². The Kier molecular flexibility index (Phi) is 4.51. The second-order valence-corrected chi connectivity index (χ2v) is 5.40. The van der Waals surface area contributed by atoms with Gasteiger partial charge in [-0.05, 0) is 18.9 Å². The van der Waals surface area contributed by atoms with Gasteiger partial charge >= 0.3 is 5.97 Å². The van der Waals surface area contributed by atoms with Crippen LogP contribution < -0.4 is 5.56 Å². The van der Waals surface area contributed by atoms with E-state index in [1.165, 1.54) is 10.9 Å². The van der Waals surface area contributed by atoms with Crippen molar-refractivity contribution in [3.05, 3.63) is 27.1 Å². The van der Waals surface area contributed by atoms with Crippen molar-refractivity contribution in [3.8, 4) is 0 Å². The van der Waals surface area contributed by atoms with Gasteiger partial charge in [0.25, 0.3) is 5.56 Å². The third-order valence-electron chi connectivity index (χ3n) is 2.94. The maximum atomic E-state index is 12.3. The van der Waals surface area contributed by atoms with Gasteiger partial charge in [0, 0.05) is 6.61 Å². The summed E-state index contributed by atoms with van der Waals surface area (Å²) in [5.41, 5.74) is 0.273. The number of aromatic nitrogens is 2. The number of nitrogens with zero attached hydrogens (tertiary/aromatic N) is 2. The van der Waals surface area contributed by atoms with E-state index in [9.17, 15) is 9.59 Å². The molecule has 2 heterocycles. The number of fused-ring (bicyclic) bond motifs is 1. The molecule has 0 bridgehead atoms. The molecule has 2 rings (SSSR count). The number of hydrogen-bond donors (Lipinski definition) is 1. The first-order chi connectivity index (χ1) is 9.56. The Morgan fingerprint density at radius 1 is 1.50 bits per heavy atom. The molecule has 0 spiro atoms. The average Bonchev–Trinajstić information content (AvgIpc) is 2.75. The zero-order valence-electron chi connectivity index (χ0n) is 11.4. The molecule has 0 amide bonds. The first kappa shape index (κ1) is 14.7. The second kappa shape index (κ2) is 6.15. The molecule has 0 radical (unpaired) electrons. The Labute approximate surface area is 119 Å². The lowest BCUT2D eigenvalue weighted by atomic mass is 10.2. The molecule has 108 valence electrons. The van der Waals surface area contributed by atoms with Gasteiger partial charge in [-0.25, -0.2) is 9.78 Å². The van der Waals surface area contributed by atoms with Crippen LogP contribution in [0.15, 0.2) is 11.1 Å². The normalized spacial score (nSPS) is 11.1. The molecule has 2 aromatic heterocycles. The van der Waals surface area contributed by atoms with Gasteiger partial charge in [0.15, 0.2) is 0 Å². The summed E-state index contributed by atoms with van der Waals surface area (Å²) in [4.78, 5) is 28.2. The maximum absolute atomic E-state index is 12.3. The molecule has 0 aromatic carbocycles. The summed E-state index contributed by atoms with van der Waals surface area (Å²) in [5.74, 6) is -1.03. The molecule has 2 aromatic rings. The minimum absolute atomic E-state index is 0.171. The van der Waals surface area contributed by atoms with E-state index in [2.05, 4.69) is 4.98 Å². The van der Waals surface area contributed by atoms with E-state index >= 15 is 0 Å². The van der Waals surface area contributed by atoms with Crippen molar-refractivity contribution in [3.63, 3.8) is 0 Å². The molecular weight excluding hydrogens is 280 g/mol. The topological polar surface area (TPSA) is 81.4 Å². The third kappa shape index (κ3) is 2.73. The van der Waals surface area contributed by atoms with Gasteiger partial charge in [0.05, 0.1) is 24.9 Å². The molecule has 0 atom stereocenters. The predicted molar refractivity (Wildman–Crippen MR) is 76.7 cm³/mol. The summed E-state index contributed by atoms with van der Waals surface area (Å²) in [6.45, 7) is 5.17. The third-order valence-corrected chi connectivity index (χ3v) is 4.12. The molecule has 20 heavy (non-hydrogen) atoms. The fourth-order valence-corrected chi connectivity index (χ4v) is 2.91. The summed E-state index contributed by atoms with van der Waals surface area (Å²) >= 11 is 1.03. The predicted octanol–water partition coefficient (Wildman–Crippen LogP) is 1.89. The quantitative estimate of drug-likeness (QED) is 0.823. The summed E-state index contributed by atoms with van der Waals surface area (Å²) < 4.78 is 6.81. The van der Waals surface area contributed by atoms with Crippen LogP contribution >= 0.6 is 11.3 Å². The summed E-state index contributed by atoms with van der Waals surface area (Å²) in [6.07, 6.45) is 2.37. The minimum atomic E-state index is -1.03. The van der Waals surface area contributed by atoms with Crippen molar-refractivity contribution in [2.24, 2.45) is 0 Å². The van der Waals surface area contributed by atoms with Crippen LogP contribution in [-0.2, 0) is 11.3 Å². The molecular formula is C13H16N2O4S. The van der Waals surface area contributed by atoms with E-state index in [1.807, 2.05) is 6.92 Å². The van der Waals surface area contributed by atoms with Crippen LogP contribution in [0.25, 0.3) is 10.2 Å². The van der Waals surface area contributed by atoms with Crippen LogP contribution in [0.3, 0.4) is 0 Å². The highest BCUT2D eigenvalue weighted by molar-refractivity contribution is 7.20. The number of hydrogen-bond acceptors (Lipinski definition) is 5. The van der Waals surface area contributed by atoms with Gasteiger partial charge in [-0.1, -0.05) is 6.92 Å². The Bertz CT molecular complexity index is 689. The number of aromatic carboxylic acids is 1. The van der Waals surface area contributed by atoms with Crippen LogP contribution in [0, 0.1) is 6.92 Å². The van der Waals surface area contributed by atoms with Gasteiger partial charge in [0.1, 0.15) is 9.71 Å². The molecule has 0 saturated carbocycles. The highest BCUT2D eigenvalue weighted by Crippen LogP contribution is 2.26. The molecule has 0 saturated heterocycles. The summed E-state index contributed by atoms with van der Waals surface area (Å²) in [7, 11) is 0. The van der Waals surface area contributed by atoms with Crippen molar-refractivity contribution >= 4 is 27.5 Å². The number of rotatable bonds is 6. The van der Waals surface area contributed by atoms with Crippen LogP contribution in [0.4, 0.5) is 0 Å². The van der Waals surface area contributed by atoms with E-state index < -0.39 is 5.97 Å². The van der Waals surface area contributed by atoms with E-state index in [0.29, 0.717) is 35.5 Å². The van der Waals surface area contributed by atoms with Crippen molar-refractivity contribution in [2.45, 2.75) is 26.8 Å². The molecule has 1 N–H and O–H groups in total. The van der Waals surface area contributed by atoms with Crippen LogP contribution in [-0.4, -0.2) is 33.8 Å². The number of carboxylic acids is 1. The lowest BCUT2D eigenvalue weighted by Crippen LogP contribution is -2.23. The SMILES string of the molecule is CCCOCCn1cnc2sc(C(=O)O)c(C)c2c1=O. The van der Waals surface area contributed by atoms with Crippen LogP contribution in [0.2, 0.25) is 0 Å². The zero-order valence-corrected chi connectivity index (χ0v) is 12.2. The smallest absolute Gasteiger partial charge is 0.346 e. The minimum Gasteiger partial charge on any atom is -0.477 e. The van der Waals surface area contributed by atoms with Crippen LogP contribution in [0.5, 0.6) is 0 Å². The molecule has 7 heteroatoms. The van der Waals surface area contributed by atoms with Crippen molar-refractivity contribution < 1.29 is 14.6 Å². The molecule has 6 nitrogen and oxygen atoms in total. The van der Waals surface area contributed by atoms with Crippen molar-refractivity contribution in [1.29, 1.82) is 0 Å².